The quantitative estimate of drug-likeness (QED) is 0.829. The molecule has 24 heavy (non-hydrogen) atoms. The minimum atomic E-state index is -0.472. The van der Waals surface area contributed by atoms with Gasteiger partial charge in [-0.3, -0.25) is 0 Å². The van der Waals surface area contributed by atoms with Gasteiger partial charge in [0, 0.05) is 39.8 Å². The van der Waals surface area contributed by atoms with Crippen molar-refractivity contribution in [3.05, 3.63) is 0 Å². The Hall–Kier alpha value is -0.200. The number of nitrogens with zero attached hydrogens (tertiary/aromatic N) is 2. The second-order valence-electron chi connectivity index (χ2n) is 7.59. The average molecular weight is 343 g/mol. The maximum atomic E-state index is 10.7. The zero-order valence-electron chi connectivity index (χ0n) is 16.2. The summed E-state index contributed by atoms with van der Waals surface area (Å²) in [7, 11) is 3.92. The fourth-order valence-electron chi connectivity index (χ4n) is 3.91. The van der Waals surface area contributed by atoms with Crippen molar-refractivity contribution in [3.8, 4) is 0 Å². The van der Waals surface area contributed by atoms with Gasteiger partial charge in [0.15, 0.2) is 0 Å². The van der Waals surface area contributed by atoms with Crippen molar-refractivity contribution in [2.24, 2.45) is 0 Å². The van der Waals surface area contributed by atoms with E-state index in [4.69, 9.17) is 9.47 Å². The van der Waals surface area contributed by atoms with Crippen LogP contribution in [0, 0.1) is 0 Å². The molecule has 0 spiro atoms. The van der Waals surface area contributed by atoms with E-state index in [-0.39, 0.29) is 0 Å². The highest BCUT2D eigenvalue weighted by Crippen LogP contribution is 2.30. The van der Waals surface area contributed by atoms with E-state index in [1.807, 2.05) is 13.8 Å². The van der Waals surface area contributed by atoms with Crippen LogP contribution in [0.3, 0.4) is 0 Å². The Balaban J connectivity index is 0.00000100. The first-order valence-corrected chi connectivity index (χ1v) is 9.88. The van der Waals surface area contributed by atoms with Gasteiger partial charge in [-0.05, 0) is 45.6 Å². The first kappa shape index (κ1) is 20.1. The number of piperidine rings is 2. The normalized spacial score (nSPS) is 31.9. The van der Waals surface area contributed by atoms with Crippen LogP contribution < -0.4 is 0 Å². The molecule has 0 aromatic carbocycles. The summed E-state index contributed by atoms with van der Waals surface area (Å²) in [6.07, 6.45) is 7.37. The molecular formula is C19H38N2O3. The number of hydrogen-bond acceptors (Lipinski definition) is 5. The smallest absolute Gasteiger partial charge is 0.0798 e. The van der Waals surface area contributed by atoms with Gasteiger partial charge in [0.05, 0.1) is 23.9 Å². The molecule has 1 N–H and O–H groups in total. The highest BCUT2D eigenvalue weighted by Gasteiger charge is 2.36. The lowest BCUT2D eigenvalue weighted by molar-refractivity contribution is -0.129. The molecule has 3 aliphatic rings. The Bertz CT molecular complexity index is 345. The van der Waals surface area contributed by atoms with E-state index in [0.29, 0.717) is 18.3 Å². The Morgan fingerprint density at radius 2 is 1.54 bits per heavy atom. The van der Waals surface area contributed by atoms with Crippen molar-refractivity contribution < 1.29 is 14.6 Å². The molecule has 5 heteroatoms. The van der Waals surface area contributed by atoms with Crippen LogP contribution in [0.1, 0.15) is 52.4 Å². The zero-order valence-corrected chi connectivity index (χ0v) is 16.2. The van der Waals surface area contributed by atoms with E-state index in [1.54, 1.807) is 7.11 Å². The highest BCUT2D eigenvalue weighted by molar-refractivity contribution is 4.90. The minimum Gasteiger partial charge on any atom is -0.388 e. The maximum absolute atomic E-state index is 10.7. The molecule has 0 bridgehead atoms. The number of aliphatic hydroxyl groups is 1. The Kier molecular flexibility index (Phi) is 7.95. The summed E-state index contributed by atoms with van der Waals surface area (Å²) in [5.74, 6) is 0. The molecule has 2 saturated heterocycles. The molecule has 0 aromatic rings. The lowest BCUT2D eigenvalue weighted by Crippen LogP contribution is -2.52. The van der Waals surface area contributed by atoms with E-state index < -0.39 is 5.60 Å². The van der Waals surface area contributed by atoms with Crippen molar-refractivity contribution in [2.75, 3.05) is 46.9 Å². The third kappa shape index (κ3) is 5.67. The number of rotatable bonds is 5. The summed E-state index contributed by atoms with van der Waals surface area (Å²) >= 11 is 0. The number of β-amino-alcohol motifs (C(OH)–C–C–N with tert-alkyl or cyclic N) is 1. The summed E-state index contributed by atoms with van der Waals surface area (Å²) in [5, 5.41) is 10.7. The number of hydrogen-bond donors (Lipinski definition) is 1. The second-order valence-corrected chi connectivity index (χ2v) is 7.59. The maximum Gasteiger partial charge on any atom is 0.0798 e. The fraction of sp³-hybridized carbons (Fsp3) is 1.00. The van der Waals surface area contributed by atoms with Crippen LogP contribution in [-0.4, -0.2) is 85.7 Å². The predicted octanol–water partition coefficient (Wildman–Crippen LogP) is 2.13. The van der Waals surface area contributed by atoms with Crippen molar-refractivity contribution in [1.82, 2.24) is 9.80 Å². The van der Waals surface area contributed by atoms with Gasteiger partial charge in [-0.1, -0.05) is 13.8 Å². The van der Waals surface area contributed by atoms with E-state index >= 15 is 0 Å². The average Bonchev–Trinajstić information content (AvgIpc) is 2.57. The van der Waals surface area contributed by atoms with Gasteiger partial charge in [0.25, 0.3) is 0 Å². The zero-order chi connectivity index (χ0) is 17.6. The van der Waals surface area contributed by atoms with Crippen LogP contribution in [-0.2, 0) is 9.47 Å². The van der Waals surface area contributed by atoms with Crippen LogP contribution >= 0.6 is 0 Å². The Labute approximate surface area is 148 Å². The van der Waals surface area contributed by atoms with Gasteiger partial charge >= 0.3 is 0 Å². The summed E-state index contributed by atoms with van der Waals surface area (Å²) in [4.78, 5) is 4.74. The summed E-state index contributed by atoms with van der Waals surface area (Å²) in [6.45, 7) is 8.98. The first-order chi connectivity index (χ1) is 11.6. The van der Waals surface area contributed by atoms with E-state index in [0.717, 1.165) is 71.2 Å². The molecule has 3 fully saturated rings. The lowest BCUT2D eigenvalue weighted by atomic mass is 9.90. The molecule has 1 saturated carbocycles. The predicted molar refractivity (Wildman–Crippen MR) is 97.4 cm³/mol. The molecular weight excluding hydrogens is 304 g/mol. The largest absolute Gasteiger partial charge is 0.388 e. The number of likely N-dealkylation sites (tertiary alicyclic amines) is 2. The standard InChI is InChI=1S/C17H32N2O3.C2H6/c1-18-9-5-17(20,6-10-18)13-19-7-3-14(4-8-19)22-16-11-15(12-16)21-2;1-2/h14-16,20H,3-13H2,1-2H3;1-2H3. The topological polar surface area (TPSA) is 45.2 Å². The van der Waals surface area contributed by atoms with Gasteiger partial charge in [-0.25, -0.2) is 0 Å². The third-order valence-corrected chi connectivity index (χ3v) is 5.74. The lowest BCUT2D eigenvalue weighted by Gasteiger charge is -2.43. The Morgan fingerprint density at radius 3 is 2.08 bits per heavy atom. The summed E-state index contributed by atoms with van der Waals surface area (Å²) in [5.41, 5.74) is -0.472. The Morgan fingerprint density at radius 1 is 0.958 bits per heavy atom. The first-order valence-electron chi connectivity index (χ1n) is 9.88. The van der Waals surface area contributed by atoms with Crippen LogP contribution in [0.5, 0.6) is 0 Å². The second kappa shape index (κ2) is 9.48. The van der Waals surface area contributed by atoms with Crippen LogP contribution in [0.4, 0.5) is 0 Å². The molecule has 0 amide bonds. The molecule has 5 nitrogen and oxygen atoms in total. The van der Waals surface area contributed by atoms with Gasteiger partial charge < -0.3 is 24.4 Å². The van der Waals surface area contributed by atoms with Gasteiger partial charge in [-0.2, -0.15) is 0 Å². The molecule has 0 unspecified atom stereocenters. The molecule has 0 atom stereocenters. The van der Waals surface area contributed by atoms with Gasteiger partial charge in [0.2, 0.25) is 0 Å². The minimum absolute atomic E-state index is 0.409. The molecule has 2 aliphatic heterocycles. The van der Waals surface area contributed by atoms with E-state index in [2.05, 4.69) is 16.8 Å². The molecule has 1 aliphatic carbocycles. The molecule has 142 valence electrons. The van der Waals surface area contributed by atoms with E-state index in [1.165, 1.54) is 0 Å². The summed E-state index contributed by atoms with van der Waals surface area (Å²) < 4.78 is 11.5. The fourth-order valence-corrected chi connectivity index (χ4v) is 3.91. The highest BCUT2D eigenvalue weighted by atomic mass is 16.5. The van der Waals surface area contributed by atoms with Gasteiger partial charge in [0.1, 0.15) is 0 Å². The van der Waals surface area contributed by atoms with Gasteiger partial charge in [-0.15, -0.1) is 0 Å². The van der Waals surface area contributed by atoms with Crippen molar-refractivity contribution in [2.45, 2.75) is 76.3 Å². The van der Waals surface area contributed by atoms with Crippen molar-refractivity contribution in [1.29, 1.82) is 0 Å². The van der Waals surface area contributed by atoms with Crippen molar-refractivity contribution >= 4 is 0 Å². The van der Waals surface area contributed by atoms with Crippen molar-refractivity contribution in [3.63, 3.8) is 0 Å². The number of ether oxygens (including phenoxy) is 2. The van der Waals surface area contributed by atoms with E-state index in [9.17, 15) is 5.11 Å². The molecule has 0 aromatic heterocycles. The third-order valence-electron chi connectivity index (χ3n) is 5.74. The molecule has 2 heterocycles. The molecule has 0 radical (unpaired) electrons. The monoisotopic (exact) mass is 342 g/mol. The molecule has 3 rings (SSSR count). The van der Waals surface area contributed by atoms with Crippen LogP contribution in [0.25, 0.3) is 0 Å². The number of methoxy groups -OCH3 is 1. The summed E-state index contributed by atoms with van der Waals surface area (Å²) in [6, 6.07) is 0. The van der Waals surface area contributed by atoms with Crippen LogP contribution in [0.2, 0.25) is 0 Å². The van der Waals surface area contributed by atoms with Crippen LogP contribution in [0.15, 0.2) is 0 Å². The SMILES string of the molecule is CC.COC1CC(OC2CCN(CC3(O)CCN(C)CC3)CC2)C1.